The first-order chi connectivity index (χ1) is 11.8. The van der Waals surface area contributed by atoms with E-state index in [1.165, 1.54) is 0 Å². The quantitative estimate of drug-likeness (QED) is 0.614. The van der Waals surface area contributed by atoms with Crippen molar-refractivity contribution in [3.8, 4) is 0 Å². The Balaban J connectivity index is 1.30. The lowest BCUT2D eigenvalue weighted by Gasteiger charge is -2.32. The first-order valence-corrected chi connectivity index (χ1v) is 8.46. The number of nitrogens with zero attached hydrogens (tertiary/aromatic N) is 8. The van der Waals surface area contributed by atoms with Gasteiger partial charge in [-0.1, -0.05) is 0 Å². The Kier molecular flexibility index (Phi) is 3.14. The van der Waals surface area contributed by atoms with E-state index < -0.39 is 0 Å². The number of rotatable bonds is 0. The zero-order valence-electron chi connectivity index (χ0n) is 13.9. The molecule has 0 saturated carbocycles. The molecular weight excluding hydrogens is 304 g/mol. The third kappa shape index (κ3) is 2.68. The van der Waals surface area contributed by atoms with Crippen molar-refractivity contribution in [2.24, 2.45) is 0 Å². The second-order valence-corrected chi connectivity index (χ2v) is 7.03. The van der Waals surface area contributed by atoms with Gasteiger partial charge in [0.25, 0.3) is 0 Å². The van der Waals surface area contributed by atoms with Gasteiger partial charge >= 0.3 is 0 Å². The van der Waals surface area contributed by atoms with E-state index in [0.717, 1.165) is 53.3 Å². The highest BCUT2D eigenvalue weighted by Gasteiger charge is 2.24. The van der Waals surface area contributed by atoms with Crippen molar-refractivity contribution in [3.63, 3.8) is 0 Å². The van der Waals surface area contributed by atoms with Crippen LogP contribution < -0.4 is 0 Å². The maximum absolute atomic E-state index is 2.36. The van der Waals surface area contributed by atoms with Crippen LogP contribution in [0.4, 0.5) is 0 Å². The molecular formula is C16H24N8. The molecule has 1 saturated heterocycles. The molecule has 0 amide bonds. The Hall–Kier alpha value is -2.64. The summed E-state index contributed by atoms with van der Waals surface area (Å²) in [5.41, 5.74) is 0. The Morgan fingerprint density at radius 1 is 0.250 bits per heavy atom. The lowest BCUT2D eigenvalue weighted by atomic mass is 10.6. The minimum atomic E-state index is 0.934. The monoisotopic (exact) mass is 328 g/mol. The maximum Gasteiger partial charge on any atom is 0.0927 e. The van der Waals surface area contributed by atoms with Crippen LogP contribution in [0.5, 0.6) is 0 Å². The Bertz CT molecular complexity index is 455. The van der Waals surface area contributed by atoms with Crippen LogP contribution in [0.2, 0.25) is 0 Å². The van der Waals surface area contributed by atoms with E-state index in [4.69, 9.17) is 0 Å². The van der Waals surface area contributed by atoms with Crippen LogP contribution >= 0.6 is 0 Å². The van der Waals surface area contributed by atoms with Gasteiger partial charge in [0.05, 0.1) is 53.3 Å². The highest BCUT2D eigenvalue weighted by molar-refractivity contribution is 4.99. The van der Waals surface area contributed by atoms with E-state index in [9.17, 15) is 0 Å². The normalized spacial score (nSPS) is 25.3. The molecule has 0 aliphatic carbocycles. The van der Waals surface area contributed by atoms with Crippen molar-refractivity contribution in [2.45, 2.75) is 0 Å². The summed E-state index contributed by atoms with van der Waals surface area (Å²) in [6.07, 6.45) is 17.6. The van der Waals surface area contributed by atoms with Crippen LogP contribution in [0, 0.1) is 0 Å². The molecule has 8 heteroatoms. The van der Waals surface area contributed by atoms with Gasteiger partial charge in [0.1, 0.15) is 0 Å². The molecule has 0 aromatic rings. The van der Waals surface area contributed by atoms with Gasteiger partial charge in [-0.05, 0) is 0 Å². The van der Waals surface area contributed by atoms with Gasteiger partial charge in [-0.15, -0.1) is 0 Å². The molecule has 128 valence electrons. The summed E-state index contributed by atoms with van der Waals surface area (Å²) in [6, 6.07) is 0. The average molecular weight is 328 g/mol. The highest BCUT2D eigenvalue weighted by Crippen LogP contribution is 2.17. The van der Waals surface area contributed by atoms with Gasteiger partial charge in [0.2, 0.25) is 0 Å². The predicted octanol–water partition coefficient (Wildman–Crippen LogP) is 0.0152. The van der Waals surface area contributed by atoms with Crippen LogP contribution in [-0.4, -0.2) is 92.5 Å². The van der Waals surface area contributed by atoms with Crippen molar-refractivity contribution in [1.29, 1.82) is 0 Å². The van der Waals surface area contributed by atoms with E-state index in [-0.39, 0.29) is 0 Å². The fourth-order valence-electron chi connectivity index (χ4n) is 3.73. The van der Waals surface area contributed by atoms with Crippen molar-refractivity contribution in [3.05, 3.63) is 49.6 Å². The number of fused-ring (bicyclic) bond motifs is 8. The summed E-state index contributed by atoms with van der Waals surface area (Å²) < 4.78 is 0. The Morgan fingerprint density at radius 2 is 0.375 bits per heavy atom. The molecule has 5 rings (SSSR count). The largest absolute Gasteiger partial charge is 0.341 e. The smallest absolute Gasteiger partial charge is 0.0927 e. The number of hydrogen-bond donors (Lipinski definition) is 0. The predicted molar refractivity (Wildman–Crippen MR) is 90.2 cm³/mol. The molecule has 5 aliphatic rings. The van der Waals surface area contributed by atoms with Crippen LogP contribution in [0.25, 0.3) is 0 Å². The van der Waals surface area contributed by atoms with E-state index in [1.807, 2.05) is 0 Å². The second kappa shape index (κ2) is 5.47. The minimum Gasteiger partial charge on any atom is -0.341 e. The third-order valence-electron chi connectivity index (χ3n) is 4.86. The summed E-state index contributed by atoms with van der Waals surface area (Å²) in [7, 11) is 0. The molecule has 0 aromatic heterocycles. The molecule has 5 aliphatic heterocycles. The maximum atomic E-state index is 2.36. The summed E-state index contributed by atoms with van der Waals surface area (Å²) in [6.45, 7) is 7.55. The fourth-order valence-corrected chi connectivity index (χ4v) is 3.73. The molecule has 0 aromatic carbocycles. The van der Waals surface area contributed by atoms with Crippen LogP contribution in [0.3, 0.4) is 0 Å². The Morgan fingerprint density at radius 3 is 0.500 bits per heavy atom. The van der Waals surface area contributed by atoms with Gasteiger partial charge in [0, 0.05) is 49.6 Å². The standard InChI is InChI=1S/C16H24N8/c1-2-18-9-17(1)13-19-3-4-21(10-19)15-23-7-8-24(12-23)16-22-6-5-20(11-22)14-18/h1-8H,9-16H2. The first-order valence-electron chi connectivity index (χ1n) is 8.46. The zero-order chi connectivity index (χ0) is 15.9. The van der Waals surface area contributed by atoms with Crippen molar-refractivity contribution in [1.82, 2.24) is 39.2 Å². The van der Waals surface area contributed by atoms with Gasteiger partial charge < -0.3 is 39.2 Å². The molecule has 0 spiro atoms. The average Bonchev–Trinajstić information content (AvgIpc) is 3.32. The van der Waals surface area contributed by atoms with Crippen molar-refractivity contribution >= 4 is 0 Å². The third-order valence-corrected chi connectivity index (χ3v) is 4.86. The van der Waals surface area contributed by atoms with E-state index in [0.29, 0.717) is 0 Å². The number of hydrogen-bond acceptors (Lipinski definition) is 8. The van der Waals surface area contributed by atoms with Crippen LogP contribution in [0.15, 0.2) is 49.6 Å². The molecule has 0 N–H and O–H groups in total. The minimum absolute atomic E-state index is 0.934. The second-order valence-electron chi connectivity index (χ2n) is 7.03. The van der Waals surface area contributed by atoms with Crippen molar-refractivity contribution < 1.29 is 0 Å². The van der Waals surface area contributed by atoms with Crippen molar-refractivity contribution in [2.75, 3.05) is 53.3 Å². The van der Waals surface area contributed by atoms with Gasteiger partial charge in [0.15, 0.2) is 0 Å². The first kappa shape index (κ1) is 13.8. The van der Waals surface area contributed by atoms with E-state index in [1.54, 1.807) is 0 Å². The summed E-state index contributed by atoms with van der Waals surface area (Å²) in [4.78, 5) is 18.8. The van der Waals surface area contributed by atoms with E-state index >= 15 is 0 Å². The highest BCUT2D eigenvalue weighted by atomic mass is 15.5. The molecule has 0 radical (unpaired) electrons. The zero-order valence-corrected chi connectivity index (χ0v) is 13.9. The molecule has 0 atom stereocenters. The summed E-state index contributed by atoms with van der Waals surface area (Å²) in [5, 5.41) is 0. The molecule has 5 heterocycles. The van der Waals surface area contributed by atoms with Gasteiger partial charge in [-0.2, -0.15) is 0 Å². The fraction of sp³-hybridized carbons (Fsp3) is 0.500. The Labute approximate surface area is 143 Å². The van der Waals surface area contributed by atoms with Crippen LogP contribution in [-0.2, 0) is 0 Å². The molecule has 8 bridgehead atoms. The van der Waals surface area contributed by atoms with E-state index in [2.05, 4.69) is 88.8 Å². The SMILES string of the molecule is C1=CN2CN1CN1C=CN(C1)CN1C=CN(C1)CN1C=CN(C1)C2. The molecule has 24 heavy (non-hydrogen) atoms. The lowest BCUT2D eigenvalue weighted by Crippen LogP contribution is -2.42. The summed E-state index contributed by atoms with van der Waals surface area (Å²) >= 11 is 0. The van der Waals surface area contributed by atoms with Gasteiger partial charge in [-0.3, -0.25) is 0 Å². The van der Waals surface area contributed by atoms with Gasteiger partial charge in [-0.25, -0.2) is 0 Å². The molecule has 8 nitrogen and oxygen atoms in total. The topological polar surface area (TPSA) is 25.9 Å². The molecule has 0 unspecified atom stereocenters. The summed E-state index contributed by atoms with van der Waals surface area (Å²) in [5.74, 6) is 0. The molecule has 1 fully saturated rings. The lowest BCUT2D eigenvalue weighted by molar-refractivity contribution is 0.0941. The van der Waals surface area contributed by atoms with Crippen LogP contribution in [0.1, 0.15) is 0 Å².